The number of aromatic nitrogens is 2. The summed E-state index contributed by atoms with van der Waals surface area (Å²) in [5.74, 6) is 0.654. The maximum atomic E-state index is 11.5. The number of nitrogens with one attached hydrogen (secondary N) is 3. The highest BCUT2D eigenvalue weighted by Gasteiger charge is 2.23. The normalized spacial score (nSPS) is 21.3. The first-order valence-electron chi connectivity index (χ1n) is 5.20. The van der Waals surface area contributed by atoms with Gasteiger partial charge in [0.05, 0.1) is 0 Å². The van der Waals surface area contributed by atoms with Gasteiger partial charge in [0.25, 0.3) is 5.56 Å². The largest absolute Gasteiger partial charge is 0.394 e. The van der Waals surface area contributed by atoms with E-state index >= 15 is 0 Å². The maximum absolute atomic E-state index is 11.5. The van der Waals surface area contributed by atoms with Crippen molar-refractivity contribution in [1.29, 1.82) is 0 Å². The predicted molar refractivity (Wildman–Crippen MR) is 69.6 cm³/mol. The van der Waals surface area contributed by atoms with Gasteiger partial charge < -0.3 is 16.4 Å². The van der Waals surface area contributed by atoms with E-state index in [4.69, 9.17) is 23.3 Å². The summed E-state index contributed by atoms with van der Waals surface area (Å²) in [6.07, 6.45) is 0. The zero-order chi connectivity index (χ0) is 14.8. The number of nitrogens with two attached hydrogens (primary N) is 1. The van der Waals surface area contributed by atoms with Gasteiger partial charge in [-0.1, -0.05) is 0 Å². The lowest BCUT2D eigenvalue weighted by molar-refractivity contribution is 0.381. The van der Waals surface area contributed by atoms with Crippen LogP contribution in [0, 0.1) is 0 Å². The van der Waals surface area contributed by atoms with Crippen molar-refractivity contribution in [2.45, 2.75) is 25.9 Å². The summed E-state index contributed by atoms with van der Waals surface area (Å²) in [5.41, 5.74) is 5.65. The zero-order valence-corrected chi connectivity index (χ0v) is 11.0. The fourth-order valence-electron chi connectivity index (χ4n) is 1.42. The molecule has 2 atom stereocenters. The fraction of sp³-hybridized carbons (Fsp3) is 0.500. The summed E-state index contributed by atoms with van der Waals surface area (Å²) >= 11 is 0. The quantitative estimate of drug-likeness (QED) is 0.339. The number of hydrogen-bond acceptors (Lipinski definition) is 7. The number of hydrogen-bond donors (Lipinski definition) is 6. The molecule has 2 heterocycles. The molecule has 2 unspecified atom stereocenters. The fourth-order valence-corrected chi connectivity index (χ4v) is 1.42. The molecule has 1 aliphatic rings. The number of nitrogen functional groups attached to an aromatic ring is 1. The Bertz CT molecular complexity index is 604. The number of fused-ring (bicyclic) bond motifs is 1. The monoisotopic (exact) mass is 293 g/mol. The molecular weight excluding hydrogens is 278 g/mol. The standard InChI is InChI=1S/C8H13N5O.H2O4S/c1-3-4(2)11-6-5(10-3)7(14)13-8(9)12-6;1-5(2,3)4/h3-4,10H,1-2H3,(H4,9,11,12,13,14);(H2,1,2,3,4). The molecule has 1 aromatic heterocycles. The maximum Gasteiger partial charge on any atom is 0.394 e. The molecule has 0 saturated carbocycles. The van der Waals surface area contributed by atoms with Crippen LogP contribution >= 0.6 is 0 Å². The highest BCUT2D eigenvalue weighted by Crippen LogP contribution is 2.22. The first kappa shape index (κ1) is 15.2. The first-order valence-corrected chi connectivity index (χ1v) is 6.60. The van der Waals surface area contributed by atoms with Gasteiger partial charge in [-0.25, -0.2) is 0 Å². The Hall–Kier alpha value is -1.85. The SMILES string of the molecule is CC1Nc2nc(N)[nH]c(=O)c2NC1C.O=S(=O)(O)O. The van der Waals surface area contributed by atoms with Gasteiger partial charge in [0, 0.05) is 12.1 Å². The zero-order valence-electron chi connectivity index (χ0n) is 10.2. The molecule has 0 fully saturated rings. The van der Waals surface area contributed by atoms with Crippen LogP contribution in [0.1, 0.15) is 13.8 Å². The molecule has 0 amide bonds. The number of anilines is 3. The Kier molecular flexibility index (Phi) is 4.34. The van der Waals surface area contributed by atoms with Crippen molar-refractivity contribution in [3.05, 3.63) is 10.4 Å². The van der Waals surface area contributed by atoms with Crippen LogP contribution in [0.5, 0.6) is 0 Å². The molecule has 0 spiro atoms. The lowest BCUT2D eigenvalue weighted by Crippen LogP contribution is -2.41. The Morgan fingerprint density at radius 2 is 1.68 bits per heavy atom. The van der Waals surface area contributed by atoms with E-state index in [1.165, 1.54) is 0 Å². The molecule has 0 aliphatic carbocycles. The highest BCUT2D eigenvalue weighted by molar-refractivity contribution is 7.79. The van der Waals surface area contributed by atoms with Crippen LogP contribution in [0.3, 0.4) is 0 Å². The minimum Gasteiger partial charge on any atom is -0.373 e. The molecule has 2 rings (SSSR count). The van der Waals surface area contributed by atoms with E-state index in [0.29, 0.717) is 11.5 Å². The Morgan fingerprint density at radius 1 is 1.21 bits per heavy atom. The van der Waals surface area contributed by atoms with Crippen LogP contribution in [0.4, 0.5) is 17.5 Å². The Labute approximate surface area is 109 Å². The van der Waals surface area contributed by atoms with Crippen molar-refractivity contribution in [2.24, 2.45) is 0 Å². The van der Waals surface area contributed by atoms with E-state index in [1.807, 2.05) is 13.8 Å². The van der Waals surface area contributed by atoms with Gasteiger partial charge in [-0.15, -0.1) is 0 Å². The molecule has 11 heteroatoms. The lowest BCUT2D eigenvalue weighted by Gasteiger charge is -2.30. The summed E-state index contributed by atoms with van der Waals surface area (Å²) in [7, 11) is -4.67. The van der Waals surface area contributed by atoms with Crippen LogP contribution in [0.25, 0.3) is 0 Å². The van der Waals surface area contributed by atoms with Gasteiger partial charge in [-0.05, 0) is 13.8 Å². The topological polar surface area (TPSA) is 170 Å². The van der Waals surface area contributed by atoms with Crippen LogP contribution in [-0.2, 0) is 10.4 Å². The highest BCUT2D eigenvalue weighted by atomic mass is 32.3. The summed E-state index contributed by atoms with van der Waals surface area (Å²) in [6.45, 7) is 4.01. The molecular formula is C8H15N5O5S. The molecule has 1 aromatic rings. The van der Waals surface area contributed by atoms with E-state index < -0.39 is 10.4 Å². The number of H-pyrrole nitrogens is 1. The van der Waals surface area contributed by atoms with Crippen molar-refractivity contribution >= 4 is 27.9 Å². The van der Waals surface area contributed by atoms with Crippen molar-refractivity contribution in [3.8, 4) is 0 Å². The third kappa shape index (κ3) is 4.73. The lowest BCUT2D eigenvalue weighted by atomic mass is 10.1. The van der Waals surface area contributed by atoms with E-state index in [9.17, 15) is 4.79 Å². The van der Waals surface area contributed by atoms with Crippen LogP contribution in [0.15, 0.2) is 4.79 Å². The molecule has 0 saturated heterocycles. The van der Waals surface area contributed by atoms with E-state index in [-0.39, 0.29) is 23.6 Å². The smallest absolute Gasteiger partial charge is 0.373 e. The average Bonchev–Trinajstić information content (AvgIpc) is 2.18. The molecule has 0 radical (unpaired) electrons. The summed E-state index contributed by atoms with van der Waals surface area (Å²) in [4.78, 5) is 17.9. The van der Waals surface area contributed by atoms with Crippen molar-refractivity contribution in [3.63, 3.8) is 0 Å². The molecule has 0 bridgehead atoms. The van der Waals surface area contributed by atoms with Crippen molar-refractivity contribution in [1.82, 2.24) is 9.97 Å². The van der Waals surface area contributed by atoms with Gasteiger partial charge >= 0.3 is 10.4 Å². The first-order chi connectivity index (χ1) is 8.58. The van der Waals surface area contributed by atoms with E-state index in [1.54, 1.807) is 0 Å². The van der Waals surface area contributed by atoms with Gasteiger partial charge in [-0.2, -0.15) is 13.4 Å². The number of aromatic amines is 1. The second-order valence-corrected chi connectivity index (χ2v) is 4.88. The van der Waals surface area contributed by atoms with Crippen molar-refractivity contribution in [2.75, 3.05) is 16.4 Å². The predicted octanol–water partition coefficient (Wildman–Crippen LogP) is -0.686. The minimum absolute atomic E-state index is 0.129. The van der Waals surface area contributed by atoms with Crippen LogP contribution in [0.2, 0.25) is 0 Å². The van der Waals surface area contributed by atoms with E-state index in [2.05, 4.69) is 20.6 Å². The molecule has 108 valence electrons. The molecule has 0 aromatic carbocycles. The van der Waals surface area contributed by atoms with E-state index in [0.717, 1.165) is 0 Å². The van der Waals surface area contributed by atoms with Gasteiger partial charge in [0.15, 0.2) is 5.82 Å². The van der Waals surface area contributed by atoms with Crippen molar-refractivity contribution < 1.29 is 17.5 Å². The van der Waals surface area contributed by atoms with Crippen LogP contribution < -0.4 is 21.9 Å². The second kappa shape index (κ2) is 5.42. The molecule has 7 N–H and O–H groups in total. The van der Waals surface area contributed by atoms with Gasteiger partial charge in [-0.3, -0.25) is 18.9 Å². The molecule has 19 heavy (non-hydrogen) atoms. The third-order valence-electron chi connectivity index (χ3n) is 2.42. The Morgan fingerprint density at radius 3 is 2.21 bits per heavy atom. The summed E-state index contributed by atoms with van der Waals surface area (Å²) in [6, 6.07) is 0.408. The molecule has 10 nitrogen and oxygen atoms in total. The van der Waals surface area contributed by atoms with Gasteiger partial charge in [0.1, 0.15) is 5.69 Å². The molecule has 1 aliphatic heterocycles. The second-order valence-electron chi connectivity index (χ2n) is 3.99. The summed E-state index contributed by atoms with van der Waals surface area (Å²) < 4.78 is 31.6. The number of rotatable bonds is 0. The van der Waals surface area contributed by atoms with Crippen LogP contribution in [-0.4, -0.2) is 39.6 Å². The third-order valence-corrected chi connectivity index (χ3v) is 2.42. The Balaban J connectivity index is 0.000000312. The number of nitrogens with zero attached hydrogens (tertiary/aromatic N) is 1. The minimum atomic E-state index is -4.67. The van der Waals surface area contributed by atoms with Gasteiger partial charge in [0.2, 0.25) is 5.95 Å². The average molecular weight is 293 g/mol. The summed E-state index contributed by atoms with van der Waals surface area (Å²) in [5, 5.41) is 6.20.